The Labute approximate surface area is 102 Å². The molecule has 0 aromatic carbocycles. The van der Waals surface area contributed by atoms with Crippen LogP contribution in [0.25, 0.3) is 0 Å². The minimum Gasteiger partial charge on any atom is -0.481 e. The average molecular weight is 262 g/mol. The Kier molecular flexibility index (Phi) is 4.52. The van der Waals surface area contributed by atoms with Crippen molar-refractivity contribution in [1.82, 2.24) is 4.98 Å². The highest BCUT2D eigenvalue weighted by Crippen LogP contribution is 2.33. The molecule has 7 heteroatoms. The molecule has 0 aliphatic rings. The second kappa shape index (κ2) is 5.70. The molecule has 1 rings (SSSR count). The first kappa shape index (κ1) is 14.3. The quantitative estimate of drug-likeness (QED) is 0.856. The fourth-order valence-electron chi connectivity index (χ4n) is 1.31. The molecular formula is C11H13F3N2O2. The van der Waals surface area contributed by atoms with E-state index in [0.29, 0.717) is 0 Å². The van der Waals surface area contributed by atoms with E-state index in [1.54, 1.807) is 0 Å². The summed E-state index contributed by atoms with van der Waals surface area (Å²) in [5.74, 6) is -1.87. The summed E-state index contributed by atoms with van der Waals surface area (Å²) in [7, 11) is 0. The molecule has 0 aliphatic heterocycles. The molecule has 1 aromatic heterocycles. The maximum atomic E-state index is 12.6. The first-order valence-corrected chi connectivity index (χ1v) is 5.31. The Bertz CT molecular complexity index is 421. The van der Waals surface area contributed by atoms with Crippen molar-refractivity contribution in [2.45, 2.75) is 19.5 Å². The third-order valence-corrected chi connectivity index (χ3v) is 2.40. The van der Waals surface area contributed by atoms with E-state index in [1.807, 2.05) is 0 Å². The van der Waals surface area contributed by atoms with Crippen molar-refractivity contribution in [3.8, 4) is 0 Å². The van der Waals surface area contributed by atoms with Crippen molar-refractivity contribution in [3.05, 3.63) is 23.9 Å². The van der Waals surface area contributed by atoms with Crippen LogP contribution in [-0.4, -0.2) is 22.6 Å². The molecule has 0 bridgehead atoms. The van der Waals surface area contributed by atoms with Crippen LogP contribution in [0, 0.1) is 5.92 Å². The second-order valence-electron chi connectivity index (χ2n) is 3.85. The lowest BCUT2D eigenvalue weighted by molar-refractivity contribution is -0.141. The number of anilines is 1. The van der Waals surface area contributed by atoms with Crippen LogP contribution in [0.15, 0.2) is 18.3 Å². The van der Waals surface area contributed by atoms with Gasteiger partial charge < -0.3 is 10.4 Å². The Hall–Kier alpha value is -1.79. The van der Waals surface area contributed by atoms with Crippen LogP contribution in [0.5, 0.6) is 0 Å². The molecule has 0 aliphatic carbocycles. The number of nitrogens with one attached hydrogen (secondary N) is 1. The first-order valence-electron chi connectivity index (χ1n) is 5.31. The van der Waals surface area contributed by atoms with E-state index in [4.69, 9.17) is 5.11 Å². The zero-order chi connectivity index (χ0) is 13.8. The zero-order valence-electron chi connectivity index (χ0n) is 9.66. The van der Waals surface area contributed by atoms with E-state index in [-0.39, 0.29) is 18.8 Å². The van der Waals surface area contributed by atoms with Crippen LogP contribution < -0.4 is 5.32 Å². The van der Waals surface area contributed by atoms with Crippen molar-refractivity contribution >= 4 is 11.8 Å². The molecule has 2 N–H and O–H groups in total. The smallest absolute Gasteiger partial charge is 0.419 e. The molecule has 18 heavy (non-hydrogen) atoms. The van der Waals surface area contributed by atoms with E-state index in [1.165, 1.54) is 19.2 Å². The summed E-state index contributed by atoms with van der Waals surface area (Å²) in [6, 6.07) is 2.13. The Balaban J connectivity index is 2.66. The molecule has 4 nitrogen and oxygen atoms in total. The van der Waals surface area contributed by atoms with Crippen LogP contribution in [-0.2, 0) is 11.0 Å². The van der Waals surface area contributed by atoms with Crippen LogP contribution in [0.3, 0.4) is 0 Å². The number of aromatic nitrogens is 1. The molecule has 0 spiro atoms. The Morgan fingerprint density at radius 2 is 2.22 bits per heavy atom. The summed E-state index contributed by atoms with van der Waals surface area (Å²) in [5, 5.41) is 11.2. The van der Waals surface area contributed by atoms with Crippen LogP contribution >= 0.6 is 0 Å². The van der Waals surface area contributed by atoms with Gasteiger partial charge in [-0.3, -0.25) is 4.79 Å². The molecule has 0 saturated carbocycles. The van der Waals surface area contributed by atoms with E-state index in [2.05, 4.69) is 10.3 Å². The molecule has 1 unspecified atom stereocenters. The molecule has 1 aromatic rings. The van der Waals surface area contributed by atoms with E-state index in [0.717, 1.165) is 6.07 Å². The number of alkyl halides is 3. The van der Waals surface area contributed by atoms with Crippen molar-refractivity contribution in [2.24, 2.45) is 5.92 Å². The number of hydrogen-bond acceptors (Lipinski definition) is 3. The number of rotatable bonds is 5. The molecule has 0 fully saturated rings. The van der Waals surface area contributed by atoms with Gasteiger partial charge in [0.05, 0.1) is 11.5 Å². The van der Waals surface area contributed by atoms with E-state index in [9.17, 15) is 18.0 Å². The Morgan fingerprint density at radius 1 is 1.56 bits per heavy atom. The third-order valence-electron chi connectivity index (χ3n) is 2.40. The number of pyridine rings is 1. The van der Waals surface area contributed by atoms with Crippen LogP contribution in [0.4, 0.5) is 19.0 Å². The minimum atomic E-state index is -4.48. The monoisotopic (exact) mass is 262 g/mol. The SMILES string of the molecule is CC(CCNc1ncccc1C(F)(F)F)C(=O)O. The molecule has 0 radical (unpaired) electrons. The number of nitrogens with zero attached hydrogens (tertiary/aromatic N) is 1. The van der Waals surface area contributed by atoms with E-state index < -0.39 is 23.6 Å². The predicted molar refractivity (Wildman–Crippen MR) is 59.1 cm³/mol. The molecule has 0 amide bonds. The molecule has 0 saturated heterocycles. The average Bonchev–Trinajstić information content (AvgIpc) is 2.28. The van der Waals surface area contributed by atoms with Gasteiger partial charge in [0.15, 0.2) is 0 Å². The summed E-state index contributed by atoms with van der Waals surface area (Å²) >= 11 is 0. The van der Waals surface area contributed by atoms with Gasteiger partial charge in [-0.1, -0.05) is 6.92 Å². The van der Waals surface area contributed by atoms with Crippen molar-refractivity contribution in [2.75, 3.05) is 11.9 Å². The second-order valence-corrected chi connectivity index (χ2v) is 3.85. The van der Waals surface area contributed by atoms with Crippen molar-refractivity contribution < 1.29 is 23.1 Å². The van der Waals surface area contributed by atoms with Gasteiger partial charge in [-0.25, -0.2) is 4.98 Å². The normalized spacial score (nSPS) is 13.1. The lowest BCUT2D eigenvalue weighted by Crippen LogP contribution is -2.17. The summed E-state index contributed by atoms with van der Waals surface area (Å²) in [6.07, 6.45) is -3.00. The lowest BCUT2D eigenvalue weighted by atomic mass is 10.1. The van der Waals surface area contributed by atoms with Gasteiger partial charge in [0.2, 0.25) is 0 Å². The summed E-state index contributed by atoms with van der Waals surface area (Å²) < 4.78 is 37.8. The molecule has 100 valence electrons. The predicted octanol–water partition coefficient (Wildman–Crippen LogP) is 2.62. The standard InChI is InChI=1S/C11H13F3N2O2/c1-7(10(17)18)4-6-16-9-8(11(12,13)14)3-2-5-15-9/h2-3,5,7H,4,6H2,1H3,(H,15,16)(H,17,18). The summed E-state index contributed by atoms with van der Waals surface area (Å²) in [4.78, 5) is 14.2. The topological polar surface area (TPSA) is 62.2 Å². The van der Waals surface area contributed by atoms with Crippen molar-refractivity contribution in [1.29, 1.82) is 0 Å². The zero-order valence-corrected chi connectivity index (χ0v) is 9.66. The summed E-state index contributed by atoms with van der Waals surface area (Å²) in [5.41, 5.74) is -0.854. The fourth-order valence-corrected chi connectivity index (χ4v) is 1.31. The van der Waals surface area contributed by atoms with Gasteiger partial charge in [0.1, 0.15) is 5.82 Å². The fraction of sp³-hybridized carbons (Fsp3) is 0.455. The molecule has 1 heterocycles. The number of carboxylic acids is 1. The van der Waals surface area contributed by atoms with Crippen LogP contribution in [0.2, 0.25) is 0 Å². The maximum Gasteiger partial charge on any atom is 0.419 e. The van der Waals surface area contributed by atoms with Gasteiger partial charge in [0.25, 0.3) is 0 Å². The minimum absolute atomic E-state index is 0.119. The molecule has 1 atom stereocenters. The van der Waals surface area contributed by atoms with Gasteiger partial charge in [-0.05, 0) is 18.6 Å². The van der Waals surface area contributed by atoms with Gasteiger partial charge in [-0.2, -0.15) is 13.2 Å². The van der Waals surface area contributed by atoms with E-state index >= 15 is 0 Å². The number of carbonyl (C=O) groups is 1. The van der Waals surface area contributed by atoms with Gasteiger partial charge in [-0.15, -0.1) is 0 Å². The van der Waals surface area contributed by atoms with Gasteiger partial charge in [0, 0.05) is 12.7 Å². The van der Waals surface area contributed by atoms with Crippen LogP contribution in [0.1, 0.15) is 18.9 Å². The van der Waals surface area contributed by atoms with Crippen molar-refractivity contribution in [3.63, 3.8) is 0 Å². The highest BCUT2D eigenvalue weighted by atomic mass is 19.4. The lowest BCUT2D eigenvalue weighted by Gasteiger charge is -2.13. The third kappa shape index (κ3) is 3.90. The number of aliphatic carboxylic acids is 1. The first-order chi connectivity index (χ1) is 8.32. The summed E-state index contributed by atoms with van der Waals surface area (Å²) in [6.45, 7) is 1.61. The highest BCUT2D eigenvalue weighted by molar-refractivity contribution is 5.69. The molecular weight excluding hydrogens is 249 g/mol. The number of halogens is 3. The van der Waals surface area contributed by atoms with Gasteiger partial charge >= 0.3 is 12.1 Å². The number of hydrogen-bond donors (Lipinski definition) is 2. The largest absolute Gasteiger partial charge is 0.481 e. The highest BCUT2D eigenvalue weighted by Gasteiger charge is 2.33. The Morgan fingerprint density at radius 3 is 2.78 bits per heavy atom. The number of carboxylic acid groups (broad SMARTS) is 1. The maximum absolute atomic E-state index is 12.6.